The Morgan fingerprint density at radius 2 is 2.19 bits per heavy atom. The van der Waals surface area contributed by atoms with Gasteiger partial charge in [-0.05, 0) is 25.7 Å². The Labute approximate surface area is 132 Å². The molecule has 2 rings (SSSR count). The van der Waals surface area contributed by atoms with Gasteiger partial charge < -0.3 is 9.84 Å². The summed E-state index contributed by atoms with van der Waals surface area (Å²) in [6.07, 6.45) is 2.81. The van der Waals surface area contributed by atoms with Crippen molar-refractivity contribution >= 4 is 11.6 Å². The maximum atomic E-state index is 11.0. The smallest absolute Gasteiger partial charge is 0.0850 e. The topological polar surface area (TPSA) is 47.3 Å². The second-order valence-corrected chi connectivity index (χ2v) is 6.76. The van der Waals surface area contributed by atoms with Crippen LogP contribution in [0.25, 0.3) is 0 Å². The van der Waals surface area contributed by atoms with Gasteiger partial charge in [0.05, 0.1) is 28.1 Å². The molecule has 21 heavy (non-hydrogen) atoms. The Morgan fingerprint density at radius 1 is 1.48 bits per heavy atom. The van der Waals surface area contributed by atoms with Gasteiger partial charge in [0.2, 0.25) is 0 Å². The predicted octanol–water partition coefficient (Wildman–Crippen LogP) is 3.23. The van der Waals surface area contributed by atoms with Crippen LogP contribution in [-0.4, -0.2) is 33.2 Å². The Hall–Kier alpha value is -0.580. The molecule has 0 saturated carbocycles. The number of aliphatic hydroxyl groups is 1. The van der Waals surface area contributed by atoms with E-state index in [0.29, 0.717) is 31.8 Å². The molecule has 120 valence electrons. The second-order valence-electron chi connectivity index (χ2n) is 6.39. The van der Waals surface area contributed by atoms with Gasteiger partial charge in [-0.15, -0.1) is 0 Å². The largest absolute Gasteiger partial charge is 0.389 e. The number of hydrogen-bond donors (Lipinski definition) is 1. The molecule has 0 aromatic carbocycles. The van der Waals surface area contributed by atoms with Gasteiger partial charge in [-0.25, -0.2) is 0 Å². The lowest BCUT2D eigenvalue weighted by molar-refractivity contribution is -0.117. The molecule has 1 fully saturated rings. The molecule has 0 spiro atoms. The summed E-state index contributed by atoms with van der Waals surface area (Å²) < 4.78 is 7.70. The van der Waals surface area contributed by atoms with Gasteiger partial charge in [0, 0.05) is 26.0 Å². The van der Waals surface area contributed by atoms with Gasteiger partial charge in [0.25, 0.3) is 0 Å². The summed E-state index contributed by atoms with van der Waals surface area (Å²) in [6, 6.07) is 0. The third-order valence-electron chi connectivity index (χ3n) is 4.41. The molecule has 0 aliphatic carbocycles. The number of hydrogen-bond acceptors (Lipinski definition) is 3. The van der Waals surface area contributed by atoms with Crippen molar-refractivity contribution in [3.63, 3.8) is 0 Å². The van der Waals surface area contributed by atoms with E-state index in [9.17, 15) is 5.11 Å². The van der Waals surface area contributed by atoms with Crippen molar-refractivity contribution in [2.45, 2.75) is 71.6 Å². The average Bonchev–Trinajstić information content (AvgIpc) is 2.74. The molecule has 4 nitrogen and oxygen atoms in total. The fourth-order valence-corrected chi connectivity index (χ4v) is 3.36. The first-order chi connectivity index (χ1) is 9.90. The molecule has 1 aliphatic rings. The molecule has 2 unspecified atom stereocenters. The monoisotopic (exact) mass is 314 g/mol. The van der Waals surface area contributed by atoms with Crippen LogP contribution >= 0.6 is 11.6 Å². The zero-order chi connectivity index (χ0) is 15.6. The van der Waals surface area contributed by atoms with Crippen LogP contribution in [0.15, 0.2) is 0 Å². The Morgan fingerprint density at radius 3 is 2.76 bits per heavy atom. The molecule has 0 amide bonds. The molecule has 1 aromatic heterocycles. The lowest BCUT2D eigenvalue weighted by atomic mass is 9.83. The molecule has 1 aromatic rings. The highest BCUT2D eigenvalue weighted by Gasteiger charge is 2.38. The summed E-state index contributed by atoms with van der Waals surface area (Å²) in [5.74, 6) is 0.412. The Bertz CT molecular complexity index is 487. The average molecular weight is 315 g/mol. The van der Waals surface area contributed by atoms with Crippen molar-refractivity contribution in [3.05, 3.63) is 16.4 Å². The first kappa shape index (κ1) is 16.8. The van der Waals surface area contributed by atoms with E-state index in [-0.39, 0.29) is 6.10 Å². The minimum atomic E-state index is -0.741. The van der Waals surface area contributed by atoms with Crippen LogP contribution in [0.4, 0.5) is 0 Å². The normalized spacial score (nSPS) is 26.5. The lowest BCUT2D eigenvalue weighted by Gasteiger charge is -2.38. The zero-order valence-corrected chi connectivity index (χ0v) is 14.3. The summed E-state index contributed by atoms with van der Waals surface area (Å²) >= 11 is 6.46. The van der Waals surface area contributed by atoms with Gasteiger partial charge in [-0.2, -0.15) is 5.10 Å². The molecule has 1 saturated heterocycles. The summed E-state index contributed by atoms with van der Waals surface area (Å²) in [4.78, 5) is 0. The molecule has 5 heteroatoms. The molecular formula is C16H27ClN2O2. The summed E-state index contributed by atoms with van der Waals surface area (Å²) in [5.41, 5.74) is 1.14. The molecule has 1 N–H and O–H groups in total. The maximum Gasteiger partial charge on any atom is 0.0850 e. The van der Waals surface area contributed by atoms with Crippen molar-refractivity contribution in [1.29, 1.82) is 0 Å². The SMILES string of the molecule is CCc1nn(CC)c(CC2(O)CCOC(C(C)C)C2)c1Cl. The van der Waals surface area contributed by atoms with Crippen LogP contribution in [0.5, 0.6) is 0 Å². The Kier molecular flexibility index (Phi) is 5.33. The van der Waals surface area contributed by atoms with Crippen LogP contribution in [0.2, 0.25) is 5.02 Å². The van der Waals surface area contributed by atoms with E-state index in [1.165, 1.54) is 0 Å². The molecular weight excluding hydrogens is 288 g/mol. The molecule has 0 radical (unpaired) electrons. The van der Waals surface area contributed by atoms with E-state index in [0.717, 1.165) is 29.4 Å². The molecule has 1 aliphatic heterocycles. The predicted molar refractivity (Wildman–Crippen MR) is 84.8 cm³/mol. The molecule has 0 bridgehead atoms. The van der Waals surface area contributed by atoms with Gasteiger partial charge in [-0.3, -0.25) is 4.68 Å². The van der Waals surface area contributed by atoms with Crippen molar-refractivity contribution in [3.8, 4) is 0 Å². The highest BCUT2D eigenvalue weighted by Crippen LogP contribution is 2.34. The first-order valence-electron chi connectivity index (χ1n) is 7.98. The highest BCUT2D eigenvalue weighted by molar-refractivity contribution is 6.31. The number of ether oxygens (including phenoxy) is 1. The van der Waals surface area contributed by atoms with Crippen LogP contribution in [-0.2, 0) is 24.1 Å². The molecule has 2 heterocycles. The summed E-state index contributed by atoms with van der Waals surface area (Å²) in [6.45, 7) is 9.75. The fraction of sp³-hybridized carbons (Fsp3) is 0.812. The van der Waals surface area contributed by atoms with Crippen molar-refractivity contribution in [2.75, 3.05) is 6.61 Å². The summed E-state index contributed by atoms with van der Waals surface area (Å²) in [7, 11) is 0. The van der Waals surface area contributed by atoms with Crippen LogP contribution in [0, 0.1) is 5.92 Å². The van der Waals surface area contributed by atoms with Gasteiger partial charge in [0.15, 0.2) is 0 Å². The van der Waals surface area contributed by atoms with E-state index in [2.05, 4.69) is 32.8 Å². The number of nitrogens with zero attached hydrogens (tertiary/aromatic N) is 2. The molecule has 2 atom stereocenters. The van der Waals surface area contributed by atoms with E-state index in [4.69, 9.17) is 16.3 Å². The maximum absolute atomic E-state index is 11.0. The van der Waals surface area contributed by atoms with Gasteiger partial charge in [-0.1, -0.05) is 32.4 Å². The Balaban J connectivity index is 2.22. The zero-order valence-electron chi connectivity index (χ0n) is 13.5. The van der Waals surface area contributed by atoms with Crippen molar-refractivity contribution < 1.29 is 9.84 Å². The number of aryl methyl sites for hydroxylation is 2. The minimum absolute atomic E-state index is 0.117. The van der Waals surface area contributed by atoms with Crippen LogP contribution in [0.1, 0.15) is 51.9 Å². The third-order valence-corrected chi connectivity index (χ3v) is 4.85. The first-order valence-corrected chi connectivity index (χ1v) is 8.36. The second kappa shape index (κ2) is 6.67. The third kappa shape index (κ3) is 3.61. The minimum Gasteiger partial charge on any atom is -0.389 e. The van der Waals surface area contributed by atoms with Gasteiger partial charge in [0.1, 0.15) is 0 Å². The lowest BCUT2D eigenvalue weighted by Crippen LogP contribution is -2.44. The standard InChI is InChI=1S/C16H27ClN2O2/c1-5-12-15(17)13(19(6-2)18-12)9-16(20)7-8-21-14(10-16)11(3)4/h11,14,20H,5-10H2,1-4H3. The number of rotatable bonds is 5. The van der Waals surface area contributed by atoms with E-state index in [1.54, 1.807) is 0 Å². The fourth-order valence-electron chi connectivity index (χ4n) is 3.02. The van der Waals surface area contributed by atoms with Crippen LogP contribution < -0.4 is 0 Å². The van der Waals surface area contributed by atoms with Crippen molar-refractivity contribution in [1.82, 2.24) is 9.78 Å². The van der Waals surface area contributed by atoms with E-state index < -0.39 is 5.60 Å². The number of halogens is 1. The van der Waals surface area contributed by atoms with E-state index in [1.807, 2.05) is 4.68 Å². The highest BCUT2D eigenvalue weighted by atomic mass is 35.5. The van der Waals surface area contributed by atoms with Crippen molar-refractivity contribution in [2.24, 2.45) is 5.92 Å². The van der Waals surface area contributed by atoms with Gasteiger partial charge >= 0.3 is 0 Å². The summed E-state index contributed by atoms with van der Waals surface area (Å²) in [5, 5.41) is 16.3. The van der Waals surface area contributed by atoms with Crippen LogP contribution in [0.3, 0.4) is 0 Å². The number of aromatic nitrogens is 2. The van der Waals surface area contributed by atoms with E-state index >= 15 is 0 Å². The quantitative estimate of drug-likeness (QED) is 0.907.